The summed E-state index contributed by atoms with van der Waals surface area (Å²) in [4.78, 5) is 13.1. The number of nitrogens with two attached hydrogens (primary N) is 1. The van der Waals surface area contributed by atoms with Gasteiger partial charge in [-0.15, -0.1) is 0 Å². The molecule has 0 saturated heterocycles. The predicted octanol–water partition coefficient (Wildman–Crippen LogP) is 0.595. The molecule has 0 radical (unpaired) electrons. The summed E-state index contributed by atoms with van der Waals surface area (Å²) in [7, 11) is 3.87. The second kappa shape index (κ2) is 4.79. The van der Waals surface area contributed by atoms with Crippen LogP contribution in [-0.2, 0) is 6.42 Å². The van der Waals surface area contributed by atoms with Crippen LogP contribution >= 0.6 is 0 Å². The number of hydrogen-bond donors (Lipinski definition) is 2. The number of amides is 1. The van der Waals surface area contributed by atoms with Gasteiger partial charge in [0.2, 0.25) is 5.91 Å². The Morgan fingerprint density at radius 1 is 1.47 bits per heavy atom. The van der Waals surface area contributed by atoms with Crippen LogP contribution in [0.15, 0.2) is 18.2 Å². The van der Waals surface area contributed by atoms with Crippen LogP contribution in [0.2, 0.25) is 0 Å². The molecule has 1 aromatic carbocycles. The lowest BCUT2D eigenvalue weighted by Gasteiger charge is -2.12. The van der Waals surface area contributed by atoms with Crippen molar-refractivity contribution >= 4 is 5.91 Å². The molecule has 0 aromatic heterocycles. The first kappa shape index (κ1) is 11.5. The monoisotopic (exact) mass is 208 g/mol. The fourth-order valence-electron chi connectivity index (χ4n) is 1.40. The van der Waals surface area contributed by atoms with Crippen molar-refractivity contribution in [3.05, 3.63) is 29.3 Å². The number of rotatable bonds is 4. The van der Waals surface area contributed by atoms with Crippen LogP contribution in [0.5, 0.6) is 5.75 Å². The molecular formula is C11H16N2O2. The van der Waals surface area contributed by atoms with Crippen molar-refractivity contribution in [2.45, 2.75) is 6.42 Å². The maximum atomic E-state index is 11.1. The molecule has 15 heavy (non-hydrogen) atoms. The molecule has 0 fully saturated rings. The fraction of sp³-hybridized carbons (Fsp3) is 0.364. The van der Waals surface area contributed by atoms with Gasteiger partial charge in [0.05, 0.1) is 0 Å². The van der Waals surface area contributed by atoms with Gasteiger partial charge in [0.15, 0.2) is 0 Å². The van der Waals surface area contributed by atoms with E-state index in [1.807, 2.05) is 19.0 Å². The second-order valence-electron chi connectivity index (χ2n) is 3.72. The summed E-state index contributed by atoms with van der Waals surface area (Å²) < 4.78 is 0. The van der Waals surface area contributed by atoms with Crippen LogP contribution < -0.4 is 5.73 Å². The van der Waals surface area contributed by atoms with Gasteiger partial charge in [0, 0.05) is 17.7 Å². The van der Waals surface area contributed by atoms with E-state index in [1.165, 1.54) is 0 Å². The maximum absolute atomic E-state index is 11.1. The molecule has 1 aromatic rings. The molecule has 0 heterocycles. The van der Waals surface area contributed by atoms with Gasteiger partial charge in [-0.3, -0.25) is 4.79 Å². The van der Waals surface area contributed by atoms with Crippen LogP contribution in [0.25, 0.3) is 0 Å². The lowest BCUT2D eigenvalue weighted by molar-refractivity contribution is 0.0999. The summed E-state index contributed by atoms with van der Waals surface area (Å²) in [5.41, 5.74) is 6.25. The van der Waals surface area contributed by atoms with E-state index in [0.29, 0.717) is 17.5 Å². The van der Waals surface area contributed by atoms with Crippen molar-refractivity contribution in [3.63, 3.8) is 0 Å². The number of hydrogen-bond acceptors (Lipinski definition) is 3. The van der Waals surface area contributed by atoms with Crippen LogP contribution in [0.3, 0.4) is 0 Å². The van der Waals surface area contributed by atoms with E-state index in [9.17, 15) is 9.90 Å². The Labute approximate surface area is 89.3 Å². The molecule has 0 aliphatic carbocycles. The first-order valence-corrected chi connectivity index (χ1v) is 4.77. The quantitative estimate of drug-likeness (QED) is 0.761. The molecule has 0 unspecified atom stereocenters. The third-order valence-electron chi connectivity index (χ3n) is 2.23. The largest absolute Gasteiger partial charge is 0.508 e. The number of primary amides is 1. The topological polar surface area (TPSA) is 66.6 Å². The molecular weight excluding hydrogens is 192 g/mol. The van der Waals surface area contributed by atoms with Crippen LogP contribution in [-0.4, -0.2) is 36.6 Å². The zero-order valence-corrected chi connectivity index (χ0v) is 9.03. The van der Waals surface area contributed by atoms with Gasteiger partial charge in [-0.1, -0.05) is 6.07 Å². The highest BCUT2D eigenvalue weighted by atomic mass is 16.3. The van der Waals surface area contributed by atoms with Crippen molar-refractivity contribution < 1.29 is 9.90 Å². The Balaban J connectivity index is 2.97. The molecule has 1 amide bonds. The van der Waals surface area contributed by atoms with Gasteiger partial charge in [0.25, 0.3) is 0 Å². The smallest absolute Gasteiger partial charge is 0.249 e. The Bertz CT molecular complexity index is 362. The van der Waals surface area contributed by atoms with Gasteiger partial charge in [0.1, 0.15) is 5.75 Å². The standard InChI is InChI=1S/C11H16N2O2/c1-13(2)7-6-8-9(11(12)15)4-3-5-10(8)14/h3-5,14H,6-7H2,1-2H3,(H2,12,15). The summed E-state index contributed by atoms with van der Waals surface area (Å²) in [6.07, 6.45) is 0.609. The zero-order valence-electron chi connectivity index (χ0n) is 9.03. The minimum Gasteiger partial charge on any atom is -0.508 e. The molecule has 4 heteroatoms. The average Bonchev–Trinajstić information content (AvgIpc) is 2.15. The fourth-order valence-corrected chi connectivity index (χ4v) is 1.40. The summed E-state index contributed by atoms with van der Waals surface area (Å²) in [6.45, 7) is 0.762. The van der Waals surface area contributed by atoms with Gasteiger partial charge in [-0.2, -0.15) is 0 Å². The van der Waals surface area contributed by atoms with E-state index in [-0.39, 0.29) is 5.75 Å². The minimum atomic E-state index is -0.500. The summed E-state index contributed by atoms with van der Waals surface area (Å²) >= 11 is 0. The van der Waals surface area contributed by atoms with Crippen LogP contribution in [0, 0.1) is 0 Å². The van der Waals surface area contributed by atoms with Crippen molar-refractivity contribution in [2.24, 2.45) is 5.73 Å². The number of phenolic OH excluding ortho intramolecular Hbond substituents is 1. The number of nitrogens with zero attached hydrogens (tertiary/aromatic N) is 1. The normalized spacial score (nSPS) is 10.6. The molecule has 4 nitrogen and oxygen atoms in total. The summed E-state index contributed by atoms with van der Waals surface area (Å²) in [5, 5.41) is 9.63. The van der Waals surface area contributed by atoms with E-state index in [4.69, 9.17) is 5.73 Å². The lowest BCUT2D eigenvalue weighted by atomic mass is 10.0. The van der Waals surface area contributed by atoms with E-state index in [2.05, 4.69) is 0 Å². The summed E-state index contributed by atoms with van der Waals surface area (Å²) in [5.74, 6) is -0.368. The zero-order chi connectivity index (χ0) is 11.4. The SMILES string of the molecule is CN(C)CCc1c(O)cccc1C(N)=O. The molecule has 0 spiro atoms. The first-order chi connectivity index (χ1) is 7.02. The molecule has 0 aliphatic rings. The lowest BCUT2D eigenvalue weighted by Crippen LogP contribution is -2.19. The Morgan fingerprint density at radius 3 is 2.67 bits per heavy atom. The molecule has 3 N–H and O–H groups in total. The minimum absolute atomic E-state index is 0.133. The average molecular weight is 208 g/mol. The molecule has 0 atom stereocenters. The van der Waals surface area contributed by atoms with Gasteiger partial charge in [-0.25, -0.2) is 0 Å². The Hall–Kier alpha value is -1.55. The van der Waals surface area contributed by atoms with Crippen molar-refractivity contribution in [3.8, 4) is 5.75 Å². The van der Waals surface area contributed by atoms with Crippen molar-refractivity contribution in [1.82, 2.24) is 4.90 Å². The highest BCUT2D eigenvalue weighted by molar-refractivity contribution is 5.95. The number of carbonyl (C=O) groups excluding carboxylic acids is 1. The number of phenols is 1. The first-order valence-electron chi connectivity index (χ1n) is 4.77. The highest BCUT2D eigenvalue weighted by Gasteiger charge is 2.11. The Kier molecular flexibility index (Phi) is 3.68. The Morgan fingerprint density at radius 2 is 2.13 bits per heavy atom. The maximum Gasteiger partial charge on any atom is 0.249 e. The molecule has 0 aliphatic heterocycles. The number of benzene rings is 1. The third kappa shape index (κ3) is 2.95. The second-order valence-corrected chi connectivity index (χ2v) is 3.72. The third-order valence-corrected chi connectivity index (χ3v) is 2.23. The van der Waals surface area contributed by atoms with Crippen LogP contribution in [0.1, 0.15) is 15.9 Å². The predicted molar refractivity (Wildman–Crippen MR) is 58.9 cm³/mol. The van der Waals surface area contributed by atoms with E-state index in [0.717, 1.165) is 6.54 Å². The highest BCUT2D eigenvalue weighted by Crippen LogP contribution is 2.21. The summed E-state index contributed by atoms with van der Waals surface area (Å²) in [6, 6.07) is 4.82. The molecule has 0 bridgehead atoms. The molecule has 82 valence electrons. The van der Waals surface area contributed by atoms with E-state index < -0.39 is 5.91 Å². The number of carbonyl (C=O) groups is 1. The number of likely N-dealkylation sites (N-methyl/N-ethyl adjacent to an activating group) is 1. The van der Waals surface area contributed by atoms with E-state index in [1.54, 1.807) is 18.2 Å². The van der Waals surface area contributed by atoms with E-state index >= 15 is 0 Å². The number of aromatic hydroxyl groups is 1. The van der Waals surface area contributed by atoms with Gasteiger partial charge < -0.3 is 15.7 Å². The molecule has 1 rings (SSSR count). The van der Waals surface area contributed by atoms with Crippen LogP contribution in [0.4, 0.5) is 0 Å². The van der Waals surface area contributed by atoms with Gasteiger partial charge in [-0.05, 0) is 32.6 Å². The molecule has 0 saturated carbocycles. The van der Waals surface area contributed by atoms with Crippen molar-refractivity contribution in [1.29, 1.82) is 0 Å². The van der Waals surface area contributed by atoms with Crippen molar-refractivity contribution in [2.75, 3.05) is 20.6 Å². The van der Waals surface area contributed by atoms with Gasteiger partial charge >= 0.3 is 0 Å².